The average molecular weight is 302 g/mol. The maximum Gasteiger partial charge on any atom is 0.342 e. The predicted octanol–water partition coefficient (Wildman–Crippen LogP) is 0.822. The Morgan fingerprint density at radius 1 is 1.50 bits per heavy atom. The Hall–Kier alpha value is -3.22. The van der Waals surface area contributed by atoms with E-state index in [1.165, 1.54) is 16.3 Å². The smallest absolute Gasteiger partial charge is 0.342 e. The first-order chi connectivity index (χ1) is 10.4. The highest BCUT2D eigenvalue weighted by Crippen LogP contribution is 2.30. The summed E-state index contributed by atoms with van der Waals surface area (Å²) in [6, 6.07) is 2.03. The molecular formula is C12H14N8O2. The van der Waals surface area contributed by atoms with E-state index in [0.29, 0.717) is 5.82 Å². The van der Waals surface area contributed by atoms with Crippen LogP contribution in [0.1, 0.15) is 5.56 Å². The minimum absolute atomic E-state index is 0.178. The van der Waals surface area contributed by atoms with E-state index < -0.39 is 4.92 Å². The summed E-state index contributed by atoms with van der Waals surface area (Å²) in [6.45, 7) is 0. The number of rotatable bonds is 4. The summed E-state index contributed by atoms with van der Waals surface area (Å²) in [6.07, 6.45) is 2.68. The standard InChI is InChI=1S/C12H14N8O2/c1-17(2)7-15-11-8(5-13)10(16-19(11)4)12-14-6-9(18(12)3)20(21)22/h6-7H,1-4H3. The molecule has 0 bridgehead atoms. The maximum atomic E-state index is 10.9. The van der Waals surface area contributed by atoms with Crippen molar-refractivity contribution in [2.45, 2.75) is 0 Å². The molecule has 0 atom stereocenters. The molecule has 0 saturated heterocycles. The molecule has 114 valence electrons. The predicted molar refractivity (Wildman–Crippen MR) is 78.6 cm³/mol. The van der Waals surface area contributed by atoms with Crippen molar-refractivity contribution >= 4 is 18.0 Å². The fraction of sp³-hybridized carbons (Fsp3) is 0.333. The van der Waals surface area contributed by atoms with Crippen LogP contribution >= 0.6 is 0 Å². The van der Waals surface area contributed by atoms with Crippen molar-refractivity contribution in [2.24, 2.45) is 19.1 Å². The van der Waals surface area contributed by atoms with Crippen LogP contribution in [-0.2, 0) is 14.1 Å². The fourth-order valence-corrected chi connectivity index (χ4v) is 1.88. The molecule has 2 aromatic heterocycles. The molecule has 0 aliphatic rings. The summed E-state index contributed by atoms with van der Waals surface area (Å²) < 4.78 is 2.72. The maximum absolute atomic E-state index is 10.9. The summed E-state index contributed by atoms with van der Waals surface area (Å²) in [5, 5.41) is 24.5. The van der Waals surface area contributed by atoms with Gasteiger partial charge in [0, 0.05) is 21.1 Å². The van der Waals surface area contributed by atoms with Crippen LogP contribution in [0.3, 0.4) is 0 Å². The number of nitro groups is 1. The summed E-state index contributed by atoms with van der Waals surface area (Å²) in [5.74, 6) is 0.421. The van der Waals surface area contributed by atoms with Gasteiger partial charge in [0.05, 0.1) is 13.4 Å². The number of aliphatic imine (C=N–C) groups is 1. The van der Waals surface area contributed by atoms with Gasteiger partial charge in [-0.25, -0.2) is 19.2 Å². The average Bonchev–Trinajstić information content (AvgIpc) is 2.96. The zero-order valence-corrected chi connectivity index (χ0v) is 12.5. The number of imidazole rings is 1. The van der Waals surface area contributed by atoms with Crippen LogP contribution in [0.15, 0.2) is 11.2 Å². The molecule has 0 unspecified atom stereocenters. The van der Waals surface area contributed by atoms with E-state index >= 15 is 0 Å². The van der Waals surface area contributed by atoms with Gasteiger partial charge >= 0.3 is 5.82 Å². The van der Waals surface area contributed by atoms with Crippen LogP contribution in [0.2, 0.25) is 0 Å². The van der Waals surface area contributed by atoms with Crippen molar-refractivity contribution in [2.75, 3.05) is 14.1 Å². The first-order valence-corrected chi connectivity index (χ1v) is 6.21. The number of nitriles is 1. The molecule has 0 saturated carbocycles. The lowest BCUT2D eigenvalue weighted by atomic mass is 10.2. The van der Waals surface area contributed by atoms with Crippen molar-refractivity contribution in [3.8, 4) is 17.6 Å². The number of hydrogen-bond donors (Lipinski definition) is 0. The zero-order valence-electron chi connectivity index (χ0n) is 12.5. The van der Waals surface area contributed by atoms with Crippen LogP contribution in [0, 0.1) is 21.4 Å². The highest BCUT2D eigenvalue weighted by Gasteiger charge is 2.26. The summed E-state index contributed by atoms with van der Waals surface area (Å²) in [5.41, 5.74) is 0.468. The highest BCUT2D eigenvalue weighted by molar-refractivity contribution is 5.72. The fourth-order valence-electron chi connectivity index (χ4n) is 1.88. The van der Waals surface area contributed by atoms with Gasteiger partial charge in [-0.05, 0) is 4.92 Å². The lowest BCUT2D eigenvalue weighted by molar-refractivity contribution is -0.391. The normalized spacial score (nSPS) is 10.9. The third kappa shape index (κ3) is 2.51. The van der Waals surface area contributed by atoms with Gasteiger partial charge in [-0.1, -0.05) is 0 Å². The van der Waals surface area contributed by atoms with Gasteiger partial charge < -0.3 is 15.0 Å². The Labute approximate surface area is 126 Å². The Kier molecular flexibility index (Phi) is 3.89. The van der Waals surface area contributed by atoms with E-state index in [9.17, 15) is 15.4 Å². The Balaban J connectivity index is 2.61. The van der Waals surface area contributed by atoms with E-state index in [2.05, 4.69) is 15.1 Å². The molecular weight excluding hydrogens is 288 g/mol. The van der Waals surface area contributed by atoms with E-state index in [-0.39, 0.29) is 22.9 Å². The van der Waals surface area contributed by atoms with Crippen molar-refractivity contribution in [3.05, 3.63) is 21.9 Å². The van der Waals surface area contributed by atoms with Gasteiger partial charge in [0.15, 0.2) is 11.5 Å². The van der Waals surface area contributed by atoms with Gasteiger partial charge in [0.2, 0.25) is 0 Å². The lowest BCUT2D eigenvalue weighted by Crippen LogP contribution is -2.07. The second-order valence-electron chi connectivity index (χ2n) is 4.75. The Morgan fingerprint density at radius 2 is 2.18 bits per heavy atom. The zero-order chi connectivity index (χ0) is 16.4. The van der Waals surface area contributed by atoms with Crippen LogP contribution < -0.4 is 0 Å². The largest absolute Gasteiger partial charge is 0.369 e. The van der Waals surface area contributed by atoms with Crippen LogP contribution in [0.25, 0.3) is 11.5 Å². The first kappa shape index (κ1) is 15.2. The molecule has 22 heavy (non-hydrogen) atoms. The molecule has 0 spiro atoms. The lowest BCUT2D eigenvalue weighted by Gasteiger charge is -2.02. The summed E-state index contributed by atoms with van der Waals surface area (Å²) >= 11 is 0. The monoisotopic (exact) mass is 302 g/mol. The molecule has 2 aromatic rings. The number of aromatic nitrogens is 4. The van der Waals surface area contributed by atoms with E-state index in [1.54, 1.807) is 32.4 Å². The second-order valence-corrected chi connectivity index (χ2v) is 4.75. The molecule has 0 fully saturated rings. The van der Waals surface area contributed by atoms with Gasteiger partial charge in [-0.3, -0.25) is 0 Å². The van der Waals surface area contributed by atoms with E-state index in [4.69, 9.17) is 0 Å². The summed E-state index contributed by atoms with van der Waals surface area (Å²) in [7, 11) is 6.74. The van der Waals surface area contributed by atoms with E-state index in [1.807, 2.05) is 6.07 Å². The Morgan fingerprint density at radius 3 is 2.68 bits per heavy atom. The SMILES string of the molecule is CN(C)C=Nc1c(C#N)c(-c2ncc([N+](=O)[O-])n2C)nn1C. The van der Waals surface area contributed by atoms with Gasteiger partial charge in [-0.2, -0.15) is 10.4 Å². The Bertz CT molecular complexity index is 793. The molecule has 2 heterocycles. The van der Waals surface area contributed by atoms with Crippen LogP contribution in [0.4, 0.5) is 11.6 Å². The van der Waals surface area contributed by atoms with Crippen LogP contribution in [-0.4, -0.2) is 49.6 Å². The minimum atomic E-state index is -0.545. The van der Waals surface area contributed by atoms with Crippen molar-refractivity contribution in [3.63, 3.8) is 0 Å². The van der Waals surface area contributed by atoms with E-state index in [0.717, 1.165) is 6.20 Å². The molecule has 0 aliphatic carbocycles. The first-order valence-electron chi connectivity index (χ1n) is 6.21. The second kappa shape index (κ2) is 5.65. The molecule has 10 heteroatoms. The van der Waals surface area contributed by atoms with Crippen molar-refractivity contribution < 1.29 is 4.92 Å². The number of nitrogens with zero attached hydrogens (tertiary/aromatic N) is 8. The molecule has 0 N–H and O–H groups in total. The molecule has 10 nitrogen and oxygen atoms in total. The molecule has 0 amide bonds. The molecule has 0 radical (unpaired) electrons. The third-order valence-corrected chi connectivity index (χ3v) is 2.90. The topological polar surface area (TPSA) is 118 Å². The van der Waals surface area contributed by atoms with Gasteiger partial charge in [0.25, 0.3) is 5.82 Å². The molecule has 2 rings (SSSR count). The number of aryl methyl sites for hydroxylation is 1. The van der Waals surface area contributed by atoms with Gasteiger partial charge in [0.1, 0.15) is 17.8 Å². The number of hydrogen-bond acceptors (Lipinski definition) is 6. The minimum Gasteiger partial charge on any atom is -0.369 e. The van der Waals surface area contributed by atoms with Gasteiger partial charge in [-0.15, -0.1) is 0 Å². The molecule has 0 aromatic carbocycles. The van der Waals surface area contributed by atoms with Crippen molar-refractivity contribution in [1.29, 1.82) is 5.26 Å². The van der Waals surface area contributed by atoms with Crippen LogP contribution in [0.5, 0.6) is 0 Å². The van der Waals surface area contributed by atoms with Crippen molar-refractivity contribution in [1.82, 2.24) is 24.2 Å². The molecule has 0 aliphatic heterocycles. The third-order valence-electron chi connectivity index (χ3n) is 2.90. The highest BCUT2D eigenvalue weighted by atomic mass is 16.6. The summed E-state index contributed by atoms with van der Waals surface area (Å²) in [4.78, 5) is 20.3. The quantitative estimate of drug-likeness (QED) is 0.357.